The third kappa shape index (κ3) is 4.08. The number of fused-ring (bicyclic) bond motifs is 2. The zero-order valence-electron chi connectivity index (χ0n) is 17.1. The molecule has 0 aliphatic carbocycles. The van der Waals surface area contributed by atoms with Gasteiger partial charge in [0.1, 0.15) is 0 Å². The number of allylic oxidation sites excluding steroid dienone is 1. The Morgan fingerprint density at radius 2 is 2.10 bits per heavy atom. The zero-order chi connectivity index (χ0) is 22.0. The third-order valence-electron chi connectivity index (χ3n) is 5.12. The largest absolute Gasteiger partial charge is 0.383 e. The number of benzene rings is 2. The van der Waals surface area contributed by atoms with E-state index in [0.717, 1.165) is 17.4 Å². The lowest BCUT2D eigenvalue weighted by atomic mass is 10.1. The van der Waals surface area contributed by atoms with Gasteiger partial charge in [0.25, 0.3) is 11.5 Å². The van der Waals surface area contributed by atoms with Crippen molar-refractivity contribution in [3.05, 3.63) is 82.0 Å². The van der Waals surface area contributed by atoms with Crippen LogP contribution in [0.4, 0.5) is 5.69 Å². The number of carbonyl (C=O) groups excluding carboxylic acids is 1. The van der Waals surface area contributed by atoms with E-state index in [2.05, 4.69) is 21.4 Å². The fourth-order valence-corrected chi connectivity index (χ4v) is 3.82. The normalized spacial score (nSPS) is 11.1. The monoisotopic (exact) mass is 434 g/mol. The minimum atomic E-state index is -0.269. The lowest BCUT2D eigenvalue weighted by Gasteiger charge is -2.09. The van der Waals surface area contributed by atoms with Crippen molar-refractivity contribution < 1.29 is 9.53 Å². The van der Waals surface area contributed by atoms with Crippen LogP contribution in [-0.2, 0) is 17.8 Å². The van der Waals surface area contributed by atoms with E-state index in [9.17, 15) is 9.59 Å². The van der Waals surface area contributed by atoms with Gasteiger partial charge in [-0.2, -0.15) is 0 Å². The highest BCUT2D eigenvalue weighted by Gasteiger charge is 2.11. The van der Waals surface area contributed by atoms with E-state index in [1.54, 1.807) is 31.4 Å². The summed E-state index contributed by atoms with van der Waals surface area (Å²) in [6, 6.07) is 12.7. The number of hydrogen-bond acceptors (Lipinski definition) is 4. The minimum Gasteiger partial charge on any atom is -0.383 e. The van der Waals surface area contributed by atoms with Gasteiger partial charge in [-0.25, -0.2) is 0 Å². The summed E-state index contributed by atoms with van der Waals surface area (Å²) >= 11 is 5.27. The second-order valence-corrected chi connectivity index (χ2v) is 7.51. The maximum atomic E-state index is 12.8. The predicted molar refractivity (Wildman–Crippen MR) is 125 cm³/mol. The number of rotatable bonds is 7. The number of nitrogens with zero attached hydrogens (tertiary/aromatic N) is 2. The molecule has 0 unspecified atom stereocenters. The molecule has 0 atom stereocenters. The summed E-state index contributed by atoms with van der Waals surface area (Å²) < 4.78 is 8.97. The average molecular weight is 435 g/mol. The molecular weight excluding hydrogens is 412 g/mol. The average Bonchev–Trinajstić information content (AvgIpc) is 3.17. The molecule has 7 nitrogen and oxygen atoms in total. The van der Waals surface area contributed by atoms with Crippen molar-refractivity contribution in [3.8, 4) is 0 Å². The SMILES string of the molecule is C=CCn1c(=S)[nH]c2cc(C(=O)Nc3ccc4c(ccn4CCOC)c3)ccc2c1=O. The molecule has 1 amide bonds. The summed E-state index contributed by atoms with van der Waals surface area (Å²) in [5.41, 5.74) is 2.50. The van der Waals surface area contributed by atoms with E-state index < -0.39 is 0 Å². The molecule has 0 bridgehead atoms. The highest BCUT2D eigenvalue weighted by molar-refractivity contribution is 7.71. The van der Waals surface area contributed by atoms with E-state index in [4.69, 9.17) is 17.0 Å². The summed E-state index contributed by atoms with van der Waals surface area (Å²) in [4.78, 5) is 28.5. The number of aromatic amines is 1. The van der Waals surface area contributed by atoms with E-state index in [1.807, 2.05) is 30.5 Å². The summed E-state index contributed by atoms with van der Waals surface area (Å²) in [6.45, 7) is 5.36. The van der Waals surface area contributed by atoms with Crippen molar-refractivity contribution in [2.24, 2.45) is 0 Å². The van der Waals surface area contributed by atoms with Crippen LogP contribution in [-0.4, -0.2) is 33.7 Å². The molecule has 2 aromatic heterocycles. The van der Waals surface area contributed by atoms with Crippen LogP contribution < -0.4 is 10.9 Å². The standard InChI is InChI=1S/C23H22N4O3S/c1-3-9-27-22(29)18-6-4-16(14-19(18)25-23(27)31)21(28)24-17-5-7-20-15(13-17)8-10-26(20)11-12-30-2/h3-8,10,13-14H,1,9,11-12H2,2H3,(H,24,28)(H,25,31). The molecular formula is C23H22N4O3S. The number of nitrogens with one attached hydrogen (secondary N) is 2. The second kappa shape index (κ2) is 8.71. The molecule has 0 radical (unpaired) electrons. The summed E-state index contributed by atoms with van der Waals surface area (Å²) in [7, 11) is 1.68. The molecule has 0 spiro atoms. The summed E-state index contributed by atoms with van der Waals surface area (Å²) in [5, 5.41) is 4.41. The molecule has 4 aromatic rings. The lowest BCUT2D eigenvalue weighted by Crippen LogP contribution is -2.22. The lowest BCUT2D eigenvalue weighted by molar-refractivity contribution is 0.102. The van der Waals surface area contributed by atoms with Crippen LogP contribution in [0.25, 0.3) is 21.8 Å². The molecule has 158 valence electrons. The van der Waals surface area contributed by atoms with Crippen LogP contribution in [0.1, 0.15) is 10.4 Å². The van der Waals surface area contributed by atoms with Gasteiger partial charge in [-0.15, -0.1) is 6.58 Å². The molecule has 4 rings (SSSR count). The van der Waals surface area contributed by atoms with Gasteiger partial charge in [-0.1, -0.05) is 6.08 Å². The van der Waals surface area contributed by atoms with Crippen molar-refractivity contribution in [2.45, 2.75) is 13.1 Å². The van der Waals surface area contributed by atoms with Crippen LogP contribution in [0.15, 0.2) is 66.1 Å². The number of hydrogen-bond donors (Lipinski definition) is 2. The van der Waals surface area contributed by atoms with Crippen molar-refractivity contribution in [3.63, 3.8) is 0 Å². The number of H-pyrrole nitrogens is 1. The van der Waals surface area contributed by atoms with E-state index in [-0.39, 0.29) is 11.5 Å². The summed E-state index contributed by atoms with van der Waals surface area (Å²) in [5.74, 6) is -0.269. The molecule has 0 saturated carbocycles. The van der Waals surface area contributed by atoms with Gasteiger partial charge in [0.2, 0.25) is 0 Å². The molecule has 0 saturated heterocycles. The Morgan fingerprint density at radius 1 is 1.26 bits per heavy atom. The topological polar surface area (TPSA) is 81.1 Å². The fraction of sp³-hybridized carbons (Fsp3) is 0.174. The van der Waals surface area contributed by atoms with Gasteiger partial charge >= 0.3 is 0 Å². The molecule has 0 aliphatic rings. The Balaban J connectivity index is 1.61. The van der Waals surface area contributed by atoms with Crippen molar-refractivity contribution in [1.29, 1.82) is 0 Å². The fourth-order valence-electron chi connectivity index (χ4n) is 3.56. The Labute approximate surface area is 183 Å². The molecule has 0 fully saturated rings. The zero-order valence-corrected chi connectivity index (χ0v) is 17.9. The first kappa shape index (κ1) is 20.8. The molecule has 0 aliphatic heterocycles. The number of carbonyl (C=O) groups is 1. The van der Waals surface area contributed by atoms with Gasteiger partial charge in [-0.05, 0) is 54.7 Å². The number of ether oxygens (including phenoxy) is 1. The van der Waals surface area contributed by atoms with Gasteiger partial charge in [0, 0.05) is 48.5 Å². The van der Waals surface area contributed by atoms with Crippen LogP contribution in [0.2, 0.25) is 0 Å². The maximum Gasteiger partial charge on any atom is 0.262 e. The highest BCUT2D eigenvalue weighted by atomic mass is 32.1. The Bertz CT molecular complexity index is 1410. The number of methoxy groups -OCH3 is 1. The first-order chi connectivity index (χ1) is 15.0. The minimum absolute atomic E-state index is 0.214. The van der Waals surface area contributed by atoms with Gasteiger partial charge in [0.15, 0.2) is 4.77 Å². The number of amides is 1. The van der Waals surface area contributed by atoms with Crippen LogP contribution in [0.3, 0.4) is 0 Å². The van der Waals surface area contributed by atoms with Crippen LogP contribution >= 0.6 is 12.2 Å². The number of anilines is 1. The van der Waals surface area contributed by atoms with Crippen molar-refractivity contribution in [1.82, 2.24) is 14.1 Å². The first-order valence-electron chi connectivity index (χ1n) is 9.79. The third-order valence-corrected chi connectivity index (χ3v) is 5.44. The van der Waals surface area contributed by atoms with Crippen LogP contribution in [0.5, 0.6) is 0 Å². The Kier molecular flexibility index (Phi) is 5.83. The van der Waals surface area contributed by atoms with Crippen LogP contribution in [0, 0.1) is 4.77 Å². The quantitative estimate of drug-likeness (QED) is 0.339. The van der Waals surface area contributed by atoms with Crippen molar-refractivity contribution in [2.75, 3.05) is 19.0 Å². The Morgan fingerprint density at radius 3 is 2.87 bits per heavy atom. The van der Waals surface area contributed by atoms with E-state index in [0.29, 0.717) is 40.1 Å². The highest BCUT2D eigenvalue weighted by Crippen LogP contribution is 2.21. The van der Waals surface area contributed by atoms with Crippen molar-refractivity contribution >= 4 is 45.6 Å². The molecule has 8 heteroatoms. The van der Waals surface area contributed by atoms with Gasteiger partial charge in [-0.3, -0.25) is 14.2 Å². The maximum absolute atomic E-state index is 12.8. The van der Waals surface area contributed by atoms with Gasteiger partial charge < -0.3 is 19.6 Å². The molecule has 31 heavy (non-hydrogen) atoms. The van der Waals surface area contributed by atoms with E-state index in [1.165, 1.54) is 4.57 Å². The molecule has 2 N–H and O–H groups in total. The van der Waals surface area contributed by atoms with Gasteiger partial charge in [0.05, 0.1) is 17.5 Å². The summed E-state index contributed by atoms with van der Waals surface area (Å²) in [6.07, 6.45) is 3.61. The smallest absolute Gasteiger partial charge is 0.262 e. The number of aromatic nitrogens is 3. The second-order valence-electron chi connectivity index (χ2n) is 7.12. The Hall–Kier alpha value is -3.49. The first-order valence-corrected chi connectivity index (χ1v) is 10.2. The predicted octanol–water partition coefficient (Wildman–Crippen LogP) is 4.10. The van der Waals surface area contributed by atoms with E-state index >= 15 is 0 Å². The molecule has 2 aromatic carbocycles. The molecule has 2 heterocycles.